The van der Waals surface area contributed by atoms with Gasteiger partial charge in [0.2, 0.25) is 5.91 Å². The van der Waals surface area contributed by atoms with Crippen molar-refractivity contribution in [3.63, 3.8) is 0 Å². The number of hydrogen-bond acceptors (Lipinski definition) is 8. The summed E-state index contributed by atoms with van der Waals surface area (Å²) in [5.74, 6) is -1.01. The summed E-state index contributed by atoms with van der Waals surface area (Å²) in [4.78, 5) is 39.3. The number of anilines is 2. The predicted octanol–water partition coefficient (Wildman–Crippen LogP) is 6.18. The molecule has 0 aliphatic carbocycles. The van der Waals surface area contributed by atoms with E-state index >= 15 is 0 Å². The molecule has 0 radical (unpaired) electrons. The summed E-state index contributed by atoms with van der Waals surface area (Å²) in [5.41, 5.74) is 4.58. The number of halogens is 1. The zero-order valence-electron chi connectivity index (χ0n) is 23.6. The van der Waals surface area contributed by atoms with Crippen molar-refractivity contribution in [2.75, 3.05) is 16.9 Å². The van der Waals surface area contributed by atoms with Gasteiger partial charge in [0.05, 0.1) is 33.7 Å². The van der Waals surface area contributed by atoms with E-state index in [1.165, 1.54) is 29.2 Å². The number of aliphatic hydroxyl groups excluding tert-OH is 1. The summed E-state index contributed by atoms with van der Waals surface area (Å²) in [6.07, 6.45) is 6.54. The molecule has 0 aromatic heterocycles. The zero-order valence-corrected chi connectivity index (χ0v) is 25.2. The topological polar surface area (TPSA) is 125 Å². The second kappa shape index (κ2) is 13.5. The third kappa shape index (κ3) is 6.48. The standard InChI is InChI=1S/C32H33BrN4O6/c1-2-3-4-8-19-43-28-20-21(11-17-26(28)33)30(38)27-18-16-25-29(32(40)35(31(25)39)23-9-6-5-7-10-23)36(27)34-22-12-14-24(15-13-22)37(41)42/h5-7,9-18,20,25,27,29-30,34,38H,2-4,8,19H2,1H3/t25?,27?,29-,30-/m0/s1. The van der Waals surface area contributed by atoms with E-state index in [2.05, 4.69) is 28.3 Å². The maximum absolute atomic E-state index is 13.9. The molecule has 2 aliphatic heterocycles. The summed E-state index contributed by atoms with van der Waals surface area (Å²) >= 11 is 3.53. The van der Waals surface area contributed by atoms with Crippen LogP contribution in [0.4, 0.5) is 17.1 Å². The molecule has 43 heavy (non-hydrogen) atoms. The van der Waals surface area contributed by atoms with Gasteiger partial charge in [0.1, 0.15) is 17.9 Å². The fourth-order valence-electron chi connectivity index (χ4n) is 5.43. The number of carbonyl (C=O) groups is 2. The van der Waals surface area contributed by atoms with E-state index in [9.17, 15) is 24.8 Å². The SMILES string of the molecule is CCCCCCOc1cc([C@H](O)C2C=CC3C(=O)N(c4ccccc4)C(=O)[C@H]3N2Nc2ccc([N+](=O)[O-])cc2)ccc1Br. The number of hydrogen-bond donors (Lipinski definition) is 2. The molecule has 224 valence electrons. The molecule has 5 rings (SSSR count). The largest absolute Gasteiger partial charge is 0.492 e. The van der Waals surface area contributed by atoms with Gasteiger partial charge in [-0.05, 0) is 64.3 Å². The van der Waals surface area contributed by atoms with E-state index in [0.717, 1.165) is 30.2 Å². The molecule has 2 unspecified atom stereocenters. The number of nitrogens with one attached hydrogen (secondary N) is 1. The van der Waals surface area contributed by atoms with Crippen molar-refractivity contribution in [2.24, 2.45) is 5.92 Å². The highest BCUT2D eigenvalue weighted by molar-refractivity contribution is 9.10. The van der Waals surface area contributed by atoms with Gasteiger partial charge < -0.3 is 15.3 Å². The van der Waals surface area contributed by atoms with Crippen LogP contribution in [0, 0.1) is 16.0 Å². The van der Waals surface area contributed by atoms with Crippen LogP contribution in [0.25, 0.3) is 0 Å². The molecule has 0 spiro atoms. The first-order chi connectivity index (χ1) is 20.8. The molecule has 3 aromatic rings. The van der Waals surface area contributed by atoms with E-state index < -0.39 is 34.9 Å². The lowest BCUT2D eigenvalue weighted by Crippen LogP contribution is -2.55. The first-order valence-electron chi connectivity index (χ1n) is 14.3. The number of nitro groups is 1. The Hall–Kier alpha value is -4.06. The number of nitrogens with zero attached hydrogens (tertiary/aromatic N) is 3. The fraction of sp³-hybridized carbons (Fsp3) is 0.312. The Morgan fingerprint density at radius 1 is 1.00 bits per heavy atom. The number of benzene rings is 3. The number of imide groups is 1. The smallest absolute Gasteiger partial charge is 0.269 e. The van der Waals surface area contributed by atoms with Crippen molar-refractivity contribution < 1.29 is 24.4 Å². The molecule has 2 heterocycles. The molecule has 0 bridgehead atoms. The highest BCUT2D eigenvalue weighted by Gasteiger charge is 2.54. The molecular formula is C32H33BrN4O6. The normalized spacial score (nSPS) is 20.6. The van der Waals surface area contributed by atoms with E-state index in [1.54, 1.807) is 59.6 Å². The minimum atomic E-state index is -1.12. The lowest BCUT2D eigenvalue weighted by molar-refractivity contribution is -0.384. The van der Waals surface area contributed by atoms with Gasteiger partial charge >= 0.3 is 0 Å². The average Bonchev–Trinajstić information content (AvgIpc) is 3.27. The number of carbonyl (C=O) groups excluding carboxylic acids is 2. The third-order valence-corrected chi connectivity index (χ3v) is 8.34. The molecule has 11 heteroatoms. The van der Waals surface area contributed by atoms with E-state index in [1.807, 2.05) is 6.07 Å². The van der Waals surface area contributed by atoms with Crippen LogP contribution in [0.15, 0.2) is 89.4 Å². The number of hydrazine groups is 1. The lowest BCUT2D eigenvalue weighted by atomic mass is 9.90. The number of unbranched alkanes of at least 4 members (excludes halogenated alkanes) is 3. The quantitative estimate of drug-likeness (QED) is 0.0785. The Kier molecular flexibility index (Phi) is 9.54. The van der Waals surface area contributed by atoms with Gasteiger partial charge in [-0.3, -0.25) is 19.7 Å². The number of amides is 2. The highest BCUT2D eigenvalue weighted by Crippen LogP contribution is 2.39. The molecule has 2 N–H and O–H groups in total. The summed E-state index contributed by atoms with van der Waals surface area (Å²) < 4.78 is 6.77. The first kappa shape index (κ1) is 30.4. The number of nitro benzene ring substituents is 1. The van der Waals surface area contributed by atoms with Gasteiger partial charge in [-0.2, -0.15) is 0 Å². The lowest BCUT2D eigenvalue weighted by Gasteiger charge is -2.40. The molecule has 4 atom stereocenters. The van der Waals surface area contributed by atoms with Crippen LogP contribution >= 0.6 is 15.9 Å². The van der Waals surface area contributed by atoms with Crippen molar-refractivity contribution in [3.05, 3.63) is 105 Å². The van der Waals surface area contributed by atoms with Crippen molar-refractivity contribution in [1.29, 1.82) is 0 Å². The maximum atomic E-state index is 13.9. The van der Waals surface area contributed by atoms with Crippen LogP contribution in [0.1, 0.15) is 44.3 Å². The van der Waals surface area contributed by atoms with E-state index in [-0.39, 0.29) is 11.6 Å². The molecule has 10 nitrogen and oxygen atoms in total. The van der Waals surface area contributed by atoms with Crippen LogP contribution in [-0.2, 0) is 9.59 Å². The van der Waals surface area contributed by atoms with E-state index in [0.29, 0.717) is 29.3 Å². The van der Waals surface area contributed by atoms with Crippen LogP contribution in [0.5, 0.6) is 5.75 Å². The Balaban J connectivity index is 1.46. The van der Waals surface area contributed by atoms with Gasteiger partial charge in [0.25, 0.3) is 11.6 Å². The number of aliphatic hydroxyl groups is 1. The van der Waals surface area contributed by atoms with Gasteiger partial charge in [-0.1, -0.05) is 62.6 Å². The van der Waals surface area contributed by atoms with Crippen molar-refractivity contribution in [2.45, 2.75) is 50.8 Å². The Bertz CT molecular complexity index is 1500. The molecule has 1 saturated heterocycles. The van der Waals surface area contributed by atoms with Gasteiger partial charge in [-0.15, -0.1) is 0 Å². The Morgan fingerprint density at radius 2 is 1.74 bits per heavy atom. The number of fused-ring (bicyclic) bond motifs is 1. The Morgan fingerprint density at radius 3 is 2.44 bits per heavy atom. The van der Waals surface area contributed by atoms with Crippen LogP contribution in [0.3, 0.4) is 0 Å². The van der Waals surface area contributed by atoms with E-state index in [4.69, 9.17) is 4.74 Å². The van der Waals surface area contributed by atoms with Crippen molar-refractivity contribution in [1.82, 2.24) is 5.01 Å². The number of ether oxygens (including phenoxy) is 1. The summed E-state index contributed by atoms with van der Waals surface area (Å²) in [5, 5.41) is 24.5. The van der Waals surface area contributed by atoms with Crippen LogP contribution in [-0.4, -0.2) is 45.5 Å². The van der Waals surface area contributed by atoms with Gasteiger partial charge in [-0.25, -0.2) is 9.91 Å². The second-order valence-corrected chi connectivity index (χ2v) is 11.4. The second-order valence-electron chi connectivity index (χ2n) is 10.6. The van der Waals surface area contributed by atoms with Gasteiger partial charge in [0.15, 0.2) is 0 Å². The highest BCUT2D eigenvalue weighted by atomic mass is 79.9. The zero-order chi connectivity index (χ0) is 30.5. The number of rotatable bonds is 12. The van der Waals surface area contributed by atoms with Crippen LogP contribution in [0.2, 0.25) is 0 Å². The summed E-state index contributed by atoms with van der Waals surface area (Å²) in [6, 6.07) is 18.1. The molecular weight excluding hydrogens is 616 g/mol. The minimum Gasteiger partial charge on any atom is -0.492 e. The molecule has 2 amide bonds. The average molecular weight is 650 g/mol. The van der Waals surface area contributed by atoms with Crippen LogP contribution < -0.4 is 15.1 Å². The van der Waals surface area contributed by atoms with Crippen molar-refractivity contribution in [3.8, 4) is 5.75 Å². The van der Waals surface area contributed by atoms with Gasteiger partial charge in [0, 0.05) is 17.8 Å². The first-order valence-corrected chi connectivity index (χ1v) is 15.1. The number of non-ortho nitro benzene ring substituents is 1. The molecule has 2 aliphatic rings. The maximum Gasteiger partial charge on any atom is 0.269 e. The Labute approximate surface area is 258 Å². The predicted molar refractivity (Wildman–Crippen MR) is 166 cm³/mol. The third-order valence-electron chi connectivity index (χ3n) is 7.68. The fourth-order valence-corrected chi connectivity index (χ4v) is 5.79. The monoisotopic (exact) mass is 648 g/mol. The molecule has 3 aromatic carbocycles. The minimum absolute atomic E-state index is 0.0852. The van der Waals surface area contributed by atoms with Crippen molar-refractivity contribution >= 4 is 44.8 Å². The summed E-state index contributed by atoms with van der Waals surface area (Å²) in [7, 11) is 0. The molecule has 0 saturated carbocycles. The summed E-state index contributed by atoms with van der Waals surface area (Å²) in [6.45, 7) is 2.70. The molecule has 1 fully saturated rings. The number of para-hydroxylation sites is 1.